The number of benzene rings is 1. The van der Waals surface area contributed by atoms with Crippen LogP contribution >= 0.6 is 11.8 Å². The second-order valence-electron chi connectivity index (χ2n) is 3.89. The number of nitrogen functional groups attached to an aromatic ring is 1. The van der Waals surface area contributed by atoms with E-state index in [0.717, 1.165) is 22.0 Å². The number of aromatic nitrogens is 5. The summed E-state index contributed by atoms with van der Waals surface area (Å²) in [6, 6.07) is 7.96. The Hall–Kier alpha value is -2.02. The van der Waals surface area contributed by atoms with Crippen molar-refractivity contribution in [2.24, 2.45) is 7.05 Å². The Labute approximate surface area is 108 Å². The third kappa shape index (κ3) is 1.92. The van der Waals surface area contributed by atoms with Crippen LogP contribution in [-0.2, 0) is 12.8 Å². The van der Waals surface area contributed by atoms with Gasteiger partial charge >= 0.3 is 0 Å². The lowest BCUT2D eigenvalue weighted by atomic mass is 10.3. The zero-order chi connectivity index (χ0) is 12.5. The number of nitrogens with one attached hydrogen (secondary N) is 1. The highest BCUT2D eigenvalue weighted by Gasteiger charge is 2.08. The van der Waals surface area contributed by atoms with Gasteiger partial charge in [-0.2, -0.15) is 0 Å². The SMILES string of the molecule is Cn1c(N)nnc1SCc1nc2ccccc2[nH]1. The number of anilines is 1. The molecule has 0 fully saturated rings. The molecule has 2 aromatic heterocycles. The largest absolute Gasteiger partial charge is 0.368 e. The number of nitrogens with two attached hydrogens (primary N) is 1. The fraction of sp³-hybridized carbons (Fsp3) is 0.182. The molecule has 0 radical (unpaired) electrons. The van der Waals surface area contributed by atoms with Gasteiger partial charge in [0.05, 0.1) is 16.8 Å². The summed E-state index contributed by atoms with van der Waals surface area (Å²) in [7, 11) is 1.84. The summed E-state index contributed by atoms with van der Waals surface area (Å²) in [5.41, 5.74) is 7.65. The summed E-state index contributed by atoms with van der Waals surface area (Å²) in [4.78, 5) is 7.77. The van der Waals surface area contributed by atoms with Crippen molar-refractivity contribution in [1.82, 2.24) is 24.7 Å². The van der Waals surface area contributed by atoms with Crippen molar-refractivity contribution < 1.29 is 0 Å². The van der Waals surface area contributed by atoms with E-state index in [4.69, 9.17) is 5.73 Å². The van der Waals surface area contributed by atoms with Gasteiger partial charge in [-0.3, -0.25) is 4.57 Å². The molecular weight excluding hydrogens is 248 g/mol. The van der Waals surface area contributed by atoms with Crippen molar-refractivity contribution in [3.05, 3.63) is 30.1 Å². The number of aromatic amines is 1. The molecular formula is C11H12N6S. The number of para-hydroxylation sites is 2. The minimum atomic E-state index is 0.419. The molecule has 0 aliphatic heterocycles. The molecule has 0 aliphatic carbocycles. The fourth-order valence-electron chi connectivity index (χ4n) is 1.66. The molecule has 6 nitrogen and oxygen atoms in total. The molecule has 0 saturated carbocycles. The molecule has 2 heterocycles. The topological polar surface area (TPSA) is 85.4 Å². The van der Waals surface area contributed by atoms with Gasteiger partial charge in [0.15, 0.2) is 5.16 Å². The van der Waals surface area contributed by atoms with Crippen molar-refractivity contribution in [3.8, 4) is 0 Å². The highest BCUT2D eigenvalue weighted by Crippen LogP contribution is 2.21. The zero-order valence-electron chi connectivity index (χ0n) is 9.79. The van der Waals surface area contributed by atoms with E-state index in [9.17, 15) is 0 Å². The van der Waals surface area contributed by atoms with Gasteiger partial charge in [0.2, 0.25) is 5.95 Å². The van der Waals surface area contributed by atoms with Crippen LogP contribution < -0.4 is 5.73 Å². The van der Waals surface area contributed by atoms with E-state index in [1.165, 1.54) is 0 Å². The van der Waals surface area contributed by atoms with E-state index in [0.29, 0.717) is 11.7 Å². The van der Waals surface area contributed by atoms with Crippen molar-refractivity contribution in [1.29, 1.82) is 0 Å². The molecule has 3 aromatic rings. The highest BCUT2D eigenvalue weighted by atomic mass is 32.2. The predicted molar refractivity (Wildman–Crippen MR) is 71.1 cm³/mol. The molecule has 0 spiro atoms. The maximum Gasteiger partial charge on any atom is 0.222 e. The molecule has 0 saturated heterocycles. The van der Waals surface area contributed by atoms with Gasteiger partial charge in [-0.05, 0) is 12.1 Å². The van der Waals surface area contributed by atoms with E-state index in [-0.39, 0.29) is 0 Å². The molecule has 0 amide bonds. The summed E-state index contributed by atoms with van der Waals surface area (Å²) >= 11 is 1.55. The van der Waals surface area contributed by atoms with Crippen LogP contribution in [0.3, 0.4) is 0 Å². The van der Waals surface area contributed by atoms with Gasteiger partial charge < -0.3 is 10.7 Å². The number of imidazole rings is 1. The Balaban J connectivity index is 1.79. The number of fused-ring (bicyclic) bond motifs is 1. The first-order valence-electron chi connectivity index (χ1n) is 5.45. The van der Waals surface area contributed by atoms with Crippen LogP contribution in [0, 0.1) is 0 Å². The zero-order valence-corrected chi connectivity index (χ0v) is 10.6. The van der Waals surface area contributed by atoms with Crippen molar-refractivity contribution in [2.45, 2.75) is 10.9 Å². The Morgan fingerprint density at radius 3 is 2.89 bits per heavy atom. The maximum atomic E-state index is 5.62. The minimum absolute atomic E-state index is 0.419. The molecule has 3 rings (SSSR count). The van der Waals surface area contributed by atoms with Gasteiger partial charge in [-0.15, -0.1) is 10.2 Å². The second-order valence-corrected chi connectivity index (χ2v) is 4.83. The van der Waals surface area contributed by atoms with Crippen LogP contribution in [0.5, 0.6) is 0 Å². The van der Waals surface area contributed by atoms with Crippen molar-refractivity contribution >= 4 is 28.7 Å². The molecule has 1 aromatic carbocycles. The number of H-pyrrole nitrogens is 1. The molecule has 7 heteroatoms. The lowest BCUT2D eigenvalue weighted by Gasteiger charge is -1.98. The molecule has 0 unspecified atom stereocenters. The predicted octanol–water partition coefficient (Wildman–Crippen LogP) is 1.57. The number of rotatable bonds is 3. The van der Waals surface area contributed by atoms with Crippen LogP contribution in [0.1, 0.15) is 5.82 Å². The van der Waals surface area contributed by atoms with E-state index in [1.807, 2.05) is 31.3 Å². The van der Waals surface area contributed by atoms with Gasteiger partial charge in [-0.1, -0.05) is 23.9 Å². The summed E-state index contributed by atoms with van der Waals surface area (Å²) in [6.45, 7) is 0. The standard InChI is InChI=1S/C11H12N6S/c1-17-10(12)15-16-11(17)18-6-9-13-7-4-2-3-5-8(7)14-9/h2-5H,6H2,1H3,(H2,12,15)(H,13,14). The summed E-state index contributed by atoms with van der Waals surface area (Å²) in [5.74, 6) is 2.05. The number of nitrogens with zero attached hydrogens (tertiary/aromatic N) is 4. The van der Waals surface area contributed by atoms with Gasteiger partial charge in [0.25, 0.3) is 0 Å². The van der Waals surface area contributed by atoms with Crippen LogP contribution in [0.15, 0.2) is 29.4 Å². The summed E-state index contributed by atoms with van der Waals surface area (Å²) in [5, 5.41) is 8.59. The Morgan fingerprint density at radius 1 is 1.33 bits per heavy atom. The second kappa shape index (κ2) is 4.34. The van der Waals surface area contributed by atoms with E-state index < -0.39 is 0 Å². The lowest BCUT2D eigenvalue weighted by molar-refractivity contribution is 0.795. The molecule has 0 aliphatic rings. The molecule has 0 bridgehead atoms. The Kier molecular flexibility index (Phi) is 2.67. The van der Waals surface area contributed by atoms with Crippen LogP contribution in [0.25, 0.3) is 11.0 Å². The molecule has 92 valence electrons. The lowest BCUT2D eigenvalue weighted by Crippen LogP contribution is -1.98. The molecule has 18 heavy (non-hydrogen) atoms. The first-order valence-corrected chi connectivity index (χ1v) is 6.44. The Morgan fingerprint density at radius 2 is 2.17 bits per heavy atom. The average molecular weight is 260 g/mol. The average Bonchev–Trinajstić information content (AvgIpc) is 2.92. The molecule has 3 N–H and O–H groups in total. The van der Waals surface area contributed by atoms with Crippen molar-refractivity contribution in [3.63, 3.8) is 0 Å². The van der Waals surface area contributed by atoms with Gasteiger partial charge in [0, 0.05) is 7.05 Å². The summed E-state index contributed by atoms with van der Waals surface area (Å²) < 4.78 is 1.76. The Bertz CT molecular complexity index is 653. The van der Waals surface area contributed by atoms with Crippen LogP contribution in [0.2, 0.25) is 0 Å². The first kappa shape index (κ1) is 11.1. The number of hydrogen-bond acceptors (Lipinski definition) is 5. The van der Waals surface area contributed by atoms with Crippen LogP contribution in [0.4, 0.5) is 5.95 Å². The minimum Gasteiger partial charge on any atom is -0.368 e. The van der Waals surface area contributed by atoms with E-state index >= 15 is 0 Å². The molecule has 0 atom stereocenters. The number of thioether (sulfide) groups is 1. The number of hydrogen-bond donors (Lipinski definition) is 2. The van der Waals surface area contributed by atoms with Gasteiger partial charge in [0.1, 0.15) is 5.82 Å². The van der Waals surface area contributed by atoms with Crippen LogP contribution in [-0.4, -0.2) is 24.7 Å². The normalized spacial score (nSPS) is 11.2. The third-order valence-electron chi connectivity index (χ3n) is 2.64. The third-order valence-corrected chi connectivity index (χ3v) is 3.68. The van der Waals surface area contributed by atoms with Gasteiger partial charge in [-0.25, -0.2) is 4.98 Å². The van der Waals surface area contributed by atoms with Crippen molar-refractivity contribution in [2.75, 3.05) is 5.73 Å². The first-order chi connectivity index (χ1) is 8.74. The van der Waals surface area contributed by atoms with E-state index in [1.54, 1.807) is 16.3 Å². The smallest absolute Gasteiger partial charge is 0.222 e. The van der Waals surface area contributed by atoms with E-state index in [2.05, 4.69) is 20.2 Å². The summed E-state index contributed by atoms with van der Waals surface area (Å²) in [6.07, 6.45) is 0. The maximum absolute atomic E-state index is 5.62. The monoisotopic (exact) mass is 260 g/mol. The fourth-order valence-corrected chi connectivity index (χ4v) is 2.45. The highest BCUT2D eigenvalue weighted by molar-refractivity contribution is 7.98. The quantitative estimate of drug-likeness (QED) is 0.698.